The van der Waals surface area contributed by atoms with Crippen molar-refractivity contribution in [1.82, 2.24) is 0 Å². The molecule has 0 heterocycles. The van der Waals surface area contributed by atoms with E-state index in [0.29, 0.717) is 25.7 Å². The second-order valence-electron chi connectivity index (χ2n) is 30.9. The van der Waals surface area contributed by atoms with E-state index in [2.05, 4.69) is 48.5 Å². The summed E-state index contributed by atoms with van der Waals surface area (Å²) in [6.45, 7) is 12.0. The third-order valence-electron chi connectivity index (χ3n) is 19.1. The number of unbranched alkanes of at least 4 members (excludes halogenated alkanes) is 48. The van der Waals surface area contributed by atoms with Crippen molar-refractivity contribution in [2.24, 2.45) is 17.8 Å². The average Bonchev–Trinajstić information content (AvgIpc) is 1.09. The molecule has 600 valence electrons. The number of aliphatic hydroxyl groups excluding tert-OH is 1. The Morgan fingerprint density at radius 1 is 0.267 bits per heavy atom. The molecule has 0 saturated heterocycles. The molecule has 0 aliphatic heterocycles. The number of hydrogen-bond acceptors (Lipinski definition) is 15. The molecular formula is C82H160O17P2. The van der Waals surface area contributed by atoms with Crippen LogP contribution in [0, 0.1) is 17.8 Å². The standard InChI is InChI=1S/C82H160O17P2/c1-8-9-10-11-12-13-14-15-23-28-36-44-51-58-65-81(86)99-78(70-93-80(85)64-57-50-43-38-31-34-41-48-55-62-75(6)7)72-97-101(90,91)95-68-76(83)67-94-100(88,89)96-71-77(69-92-79(84)63-56-49-42-35-30-25-27-33-40-47-54-61-74(4)5)98-82(87)66-59-52-45-37-29-24-21-19-17-16-18-20-22-26-32-39-46-53-60-73(2)3/h73-78,83H,8-72H2,1-7H3,(H,88,89)(H,90,91)/t76-,77-,78-/m1/s1. The lowest BCUT2D eigenvalue weighted by Crippen LogP contribution is -2.30. The molecule has 0 aliphatic carbocycles. The Morgan fingerprint density at radius 2 is 0.455 bits per heavy atom. The molecule has 0 aromatic rings. The number of hydrogen-bond donors (Lipinski definition) is 3. The van der Waals surface area contributed by atoms with Gasteiger partial charge in [0.25, 0.3) is 0 Å². The van der Waals surface area contributed by atoms with Gasteiger partial charge in [0.05, 0.1) is 26.4 Å². The van der Waals surface area contributed by atoms with Crippen molar-refractivity contribution in [3.8, 4) is 0 Å². The summed E-state index contributed by atoms with van der Waals surface area (Å²) in [5.41, 5.74) is 0. The lowest BCUT2D eigenvalue weighted by Gasteiger charge is -2.21. The first kappa shape index (κ1) is 99.1. The van der Waals surface area contributed by atoms with Gasteiger partial charge >= 0.3 is 39.5 Å². The largest absolute Gasteiger partial charge is 0.472 e. The molecule has 3 N–H and O–H groups in total. The lowest BCUT2D eigenvalue weighted by molar-refractivity contribution is -0.161. The van der Waals surface area contributed by atoms with Crippen molar-refractivity contribution >= 4 is 39.5 Å². The van der Waals surface area contributed by atoms with Gasteiger partial charge in [0, 0.05) is 25.7 Å². The number of ether oxygens (including phenoxy) is 4. The van der Waals surface area contributed by atoms with Gasteiger partial charge in [0.15, 0.2) is 12.2 Å². The van der Waals surface area contributed by atoms with Crippen molar-refractivity contribution < 1.29 is 80.2 Å². The van der Waals surface area contributed by atoms with E-state index in [4.69, 9.17) is 37.0 Å². The van der Waals surface area contributed by atoms with Crippen LogP contribution in [0.3, 0.4) is 0 Å². The highest BCUT2D eigenvalue weighted by molar-refractivity contribution is 7.47. The van der Waals surface area contributed by atoms with Crippen molar-refractivity contribution in [2.45, 2.75) is 446 Å². The van der Waals surface area contributed by atoms with Crippen LogP contribution >= 0.6 is 15.6 Å². The minimum atomic E-state index is -4.96. The van der Waals surface area contributed by atoms with Crippen LogP contribution in [0.5, 0.6) is 0 Å². The third-order valence-corrected chi connectivity index (χ3v) is 21.0. The minimum absolute atomic E-state index is 0.107. The molecule has 0 rings (SSSR count). The summed E-state index contributed by atoms with van der Waals surface area (Å²) in [5, 5.41) is 10.6. The van der Waals surface area contributed by atoms with Gasteiger partial charge in [-0.25, -0.2) is 9.13 Å². The Hall–Kier alpha value is -1.94. The molecule has 19 heteroatoms. The normalized spacial score (nSPS) is 14.0. The van der Waals surface area contributed by atoms with Crippen LogP contribution in [0.15, 0.2) is 0 Å². The summed E-state index contributed by atoms with van der Waals surface area (Å²) in [5.74, 6) is 0.227. The van der Waals surface area contributed by atoms with E-state index in [9.17, 15) is 43.2 Å². The van der Waals surface area contributed by atoms with E-state index in [1.165, 1.54) is 238 Å². The topological polar surface area (TPSA) is 237 Å². The van der Waals surface area contributed by atoms with Crippen LogP contribution in [0.25, 0.3) is 0 Å². The van der Waals surface area contributed by atoms with E-state index in [1.807, 2.05) is 0 Å². The van der Waals surface area contributed by atoms with Crippen LogP contribution in [0.2, 0.25) is 0 Å². The highest BCUT2D eigenvalue weighted by Gasteiger charge is 2.30. The van der Waals surface area contributed by atoms with Crippen molar-refractivity contribution in [3.63, 3.8) is 0 Å². The molecule has 2 unspecified atom stereocenters. The second-order valence-corrected chi connectivity index (χ2v) is 33.8. The summed E-state index contributed by atoms with van der Waals surface area (Å²) in [4.78, 5) is 73.1. The third kappa shape index (κ3) is 76.1. The first-order valence-electron chi connectivity index (χ1n) is 42.3. The molecule has 5 atom stereocenters. The van der Waals surface area contributed by atoms with E-state index in [1.54, 1.807) is 0 Å². The van der Waals surface area contributed by atoms with Crippen LogP contribution in [-0.4, -0.2) is 96.7 Å². The van der Waals surface area contributed by atoms with Gasteiger partial charge in [0.1, 0.15) is 19.3 Å². The van der Waals surface area contributed by atoms with E-state index < -0.39 is 97.5 Å². The fraction of sp³-hybridized carbons (Fsp3) is 0.951. The molecule has 0 radical (unpaired) electrons. The summed E-state index contributed by atoms with van der Waals surface area (Å²) < 4.78 is 68.8. The van der Waals surface area contributed by atoms with Crippen molar-refractivity contribution in [1.29, 1.82) is 0 Å². The van der Waals surface area contributed by atoms with Crippen LogP contribution in [0.1, 0.15) is 427 Å². The number of rotatable bonds is 80. The fourth-order valence-electron chi connectivity index (χ4n) is 12.7. The summed E-state index contributed by atoms with van der Waals surface area (Å²) in [6, 6.07) is 0. The smallest absolute Gasteiger partial charge is 0.462 e. The minimum Gasteiger partial charge on any atom is -0.462 e. The highest BCUT2D eigenvalue weighted by Crippen LogP contribution is 2.45. The van der Waals surface area contributed by atoms with Gasteiger partial charge in [-0.15, -0.1) is 0 Å². The molecule has 101 heavy (non-hydrogen) atoms. The number of carbonyl (C=O) groups is 4. The number of esters is 4. The van der Waals surface area contributed by atoms with Gasteiger partial charge in [0.2, 0.25) is 0 Å². The van der Waals surface area contributed by atoms with E-state index in [0.717, 1.165) is 108 Å². The predicted octanol–water partition coefficient (Wildman–Crippen LogP) is 24.5. The Kier molecular flexibility index (Phi) is 70.9. The second kappa shape index (κ2) is 72.3. The summed E-state index contributed by atoms with van der Waals surface area (Å²) in [6.07, 6.45) is 61.0. The molecule has 0 saturated carbocycles. The summed E-state index contributed by atoms with van der Waals surface area (Å²) in [7, 11) is -9.92. The Balaban J connectivity index is 5.24. The number of phosphoric ester groups is 2. The maximum Gasteiger partial charge on any atom is 0.472 e. The first-order valence-corrected chi connectivity index (χ1v) is 45.3. The first-order chi connectivity index (χ1) is 48.7. The number of carbonyl (C=O) groups excluding carboxylic acids is 4. The Morgan fingerprint density at radius 3 is 0.673 bits per heavy atom. The van der Waals surface area contributed by atoms with Gasteiger partial charge in [-0.1, -0.05) is 376 Å². The Labute approximate surface area is 619 Å². The highest BCUT2D eigenvalue weighted by atomic mass is 31.2. The van der Waals surface area contributed by atoms with E-state index >= 15 is 0 Å². The van der Waals surface area contributed by atoms with Crippen molar-refractivity contribution in [2.75, 3.05) is 39.6 Å². The zero-order valence-electron chi connectivity index (χ0n) is 66.4. The van der Waals surface area contributed by atoms with Crippen LogP contribution in [-0.2, 0) is 65.4 Å². The van der Waals surface area contributed by atoms with Crippen LogP contribution < -0.4 is 0 Å². The van der Waals surface area contributed by atoms with Crippen molar-refractivity contribution in [3.05, 3.63) is 0 Å². The van der Waals surface area contributed by atoms with Gasteiger partial charge < -0.3 is 33.8 Å². The number of aliphatic hydroxyl groups is 1. The molecule has 0 bridgehead atoms. The summed E-state index contributed by atoms with van der Waals surface area (Å²) >= 11 is 0. The zero-order chi connectivity index (χ0) is 74.4. The zero-order valence-corrected chi connectivity index (χ0v) is 68.2. The van der Waals surface area contributed by atoms with E-state index in [-0.39, 0.29) is 25.7 Å². The molecule has 0 aliphatic rings. The van der Waals surface area contributed by atoms with Gasteiger partial charge in [-0.2, -0.15) is 0 Å². The monoisotopic (exact) mass is 1480 g/mol. The molecular weight excluding hydrogens is 1320 g/mol. The number of phosphoric acid groups is 2. The SMILES string of the molecule is CCCCCCCCCCCCCCCCC(=O)O[C@H](COC(=O)CCCCCCCCCCCC(C)C)COP(=O)(O)OC[C@H](O)COP(=O)(O)OC[C@@H](COC(=O)CCCCCCCCCCCCCC(C)C)OC(=O)CCCCCCCCCCCCCCCCCCCCC(C)C. The molecule has 17 nitrogen and oxygen atoms in total. The quantitative estimate of drug-likeness (QED) is 0.0222. The molecule has 0 fully saturated rings. The maximum absolute atomic E-state index is 13.1. The molecule has 0 amide bonds. The Bertz CT molecular complexity index is 1960. The molecule has 0 aromatic carbocycles. The molecule has 0 aromatic heterocycles. The predicted molar refractivity (Wildman–Crippen MR) is 414 cm³/mol. The average molecular weight is 1480 g/mol. The molecule has 0 spiro atoms. The van der Waals surface area contributed by atoms with Gasteiger partial charge in [-0.3, -0.25) is 37.3 Å². The van der Waals surface area contributed by atoms with Crippen LogP contribution in [0.4, 0.5) is 0 Å². The fourth-order valence-corrected chi connectivity index (χ4v) is 14.2. The van der Waals surface area contributed by atoms with Gasteiger partial charge in [-0.05, 0) is 43.4 Å². The maximum atomic E-state index is 13.1. The lowest BCUT2D eigenvalue weighted by atomic mass is 10.0.